The third kappa shape index (κ3) is 3.28. The minimum atomic E-state index is -3.69. The molecule has 0 N–H and O–H groups in total. The molecule has 2 rings (SSSR count). The molecule has 19 heavy (non-hydrogen) atoms. The van der Waals surface area contributed by atoms with Crippen molar-refractivity contribution < 1.29 is 13.2 Å². The molecule has 104 valence electrons. The first-order chi connectivity index (χ1) is 8.91. The SMILES string of the molecule is CCC(=O)N1CCc2ccc(S(=O)(=O)Cl)cc2CC1. The fourth-order valence-corrected chi connectivity index (χ4v) is 3.13. The first-order valence-corrected chi connectivity index (χ1v) is 8.57. The van der Waals surface area contributed by atoms with Crippen molar-refractivity contribution in [3.63, 3.8) is 0 Å². The molecular formula is C13H16ClNO3S. The fraction of sp³-hybridized carbons (Fsp3) is 0.462. The van der Waals surface area contributed by atoms with Gasteiger partial charge in [-0.25, -0.2) is 8.42 Å². The van der Waals surface area contributed by atoms with Crippen LogP contribution in [0.4, 0.5) is 0 Å². The van der Waals surface area contributed by atoms with Crippen molar-refractivity contribution in [2.24, 2.45) is 0 Å². The van der Waals surface area contributed by atoms with E-state index in [9.17, 15) is 13.2 Å². The summed E-state index contributed by atoms with van der Waals surface area (Å²) in [7, 11) is 1.66. The molecule has 1 aliphatic heterocycles. The maximum atomic E-state index is 11.7. The van der Waals surface area contributed by atoms with Crippen LogP contribution in [0.3, 0.4) is 0 Å². The van der Waals surface area contributed by atoms with E-state index in [1.54, 1.807) is 12.1 Å². The van der Waals surface area contributed by atoms with Gasteiger partial charge in [0.1, 0.15) is 0 Å². The number of hydrogen-bond donors (Lipinski definition) is 0. The lowest BCUT2D eigenvalue weighted by Crippen LogP contribution is -2.32. The van der Waals surface area contributed by atoms with Crippen LogP contribution in [0, 0.1) is 0 Å². The van der Waals surface area contributed by atoms with E-state index in [1.807, 2.05) is 11.8 Å². The van der Waals surface area contributed by atoms with Gasteiger partial charge in [0, 0.05) is 30.2 Å². The minimum absolute atomic E-state index is 0.128. The molecule has 0 aliphatic carbocycles. The second kappa shape index (κ2) is 5.51. The summed E-state index contributed by atoms with van der Waals surface area (Å²) in [5.74, 6) is 0.137. The molecule has 0 spiro atoms. The van der Waals surface area contributed by atoms with E-state index < -0.39 is 9.05 Å². The highest BCUT2D eigenvalue weighted by atomic mass is 35.7. The van der Waals surface area contributed by atoms with Gasteiger partial charge < -0.3 is 4.90 Å². The molecule has 0 saturated carbocycles. The van der Waals surface area contributed by atoms with Gasteiger partial charge in [-0.1, -0.05) is 13.0 Å². The van der Waals surface area contributed by atoms with E-state index in [1.165, 1.54) is 6.07 Å². The molecular weight excluding hydrogens is 286 g/mol. The van der Waals surface area contributed by atoms with Crippen molar-refractivity contribution in [3.05, 3.63) is 29.3 Å². The number of benzene rings is 1. The van der Waals surface area contributed by atoms with Crippen LogP contribution in [-0.2, 0) is 26.7 Å². The molecule has 1 aliphatic rings. The van der Waals surface area contributed by atoms with Crippen LogP contribution in [0.25, 0.3) is 0 Å². The topological polar surface area (TPSA) is 54.5 Å². The van der Waals surface area contributed by atoms with Crippen molar-refractivity contribution in [1.29, 1.82) is 0 Å². The summed E-state index contributed by atoms with van der Waals surface area (Å²) in [6.07, 6.45) is 1.92. The van der Waals surface area contributed by atoms with Crippen LogP contribution in [0.1, 0.15) is 24.5 Å². The standard InChI is InChI=1S/C13H16ClNO3S/c1-2-13(16)15-7-5-10-3-4-12(19(14,17)18)9-11(10)6-8-15/h3-4,9H,2,5-8H2,1H3. The Bertz CT molecular complexity index is 598. The normalized spacial score (nSPS) is 15.8. The lowest BCUT2D eigenvalue weighted by atomic mass is 10.0. The first kappa shape index (κ1) is 14.3. The van der Waals surface area contributed by atoms with Gasteiger partial charge in [-0.15, -0.1) is 0 Å². The summed E-state index contributed by atoms with van der Waals surface area (Å²) in [6.45, 7) is 3.16. The molecule has 0 unspecified atom stereocenters. The van der Waals surface area contributed by atoms with Crippen LogP contribution in [-0.4, -0.2) is 32.3 Å². The van der Waals surface area contributed by atoms with E-state index in [0.29, 0.717) is 25.9 Å². The van der Waals surface area contributed by atoms with Gasteiger partial charge in [-0.05, 0) is 36.1 Å². The quantitative estimate of drug-likeness (QED) is 0.785. The molecule has 0 saturated heterocycles. The average molecular weight is 302 g/mol. The van der Waals surface area contributed by atoms with Crippen molar-refractivity contribution in [3.8, 4) is 0 Å². The predicted molar refractivity (Wildman–Crippen MR) is 73.8 cm³/mol. The first-order valence-electron chi connectivity index (χ1n) is 6.26. The Kier molecular flexibility index (Phi) is 4.16. The van der Waals surface area contributed by atoms with Gasteiger partial charge in [0.2, 0.25) is 5.91 Å². The molecule has 0 fully saturated rings. The van der Waals surface area contributed by atoms with E-state index >= 15 is 0 Å². The summed E-state index contributed by atoms with van der Waals surface area (Å²) < 4.78 is 22.6. The van der Waals surface area contributed by atoms with E-state index in [4.69, 9.17) is 10.7 Å². The molecule has 4 nitrogen and oxygen atoms in total. The largest absolute Gasteiger partial charge is 0.342 e. The van der Waals surface area contributed by atoms with Crippen molar-refractivity contribution in [1.82, 2.24) is 4.90 Å². The van der Waals surface area contributed by atoms with Gasteiger partial charge in [0.05, 0.1) is 4.90 Å². The maximum Gasteiger partial charge on any atom is 0.261 e. The Morgan fingerprint density at radius 3 is 2.47 bits per heavy atom. The highest BCUT2D eigenvalue weighted by Gasteiger charge is 2.19. The third-order valence-corrected chi connectivity index (χ3v) is 4.77. The lowest BCUT2D eigenvalue weighted by molar-refractivity contribution is -0.130. The summed E-state index contributed by atoms with van der Waals surface area (Å²) in [5, 5.41) is 0. The number of hydrogen-bond acceptors (Lipinski definition) is 3. The average Bonchev–Trinajstić information content (AvgIpc) is 2.58. The van der Waals surface area contributed by atoms with Gasteiger partial charge in [0.25, 0.3) is 9.05 Å². The summed E-state index contributed by atoms with van der Waals surface area (Å²) in [5.41, 5.74) is 2.06. The number of halogens is 1. The number of fused-ring (bicyclic) bond motifs is 1. The summed E-state index contributed by atoms with van der Waals surface area (Å²) in [6, 6.07) is 4.95. The monoisotopic (exact) mass is 301 g/mol. The van der Waals surface area contributed by atoms with Crippen LogP contribution in [0.2, 0.25) is 0 Å². The Balaban J connectivity index is 2.26. The van der Waals surface area contributed by atoms with Crippen molar-refractivity contribution in [2.45, 2.75) is 31.1 Å². The van der Waals surface area contributed by atoms with Crippen molar-refractivity contribution >= 4 is 25.6 Å². The minimum Gasteiger partial charge on any atom is -0.342 e. The van der Waals surface area contributed by atoms with Gasteiger partial charge in [-0.3, -0.25) is 4.79 Å². The number of rotatable bonds is 2. The second-order valence-electron chi connectivity index (χ2n) is 4.60. The van der Waals surface area contributed by atoms with Gasteiger partial charge >= 0.3 is 0 Å². The van der Waals surface area contributed by atoms with Gasteiger partial charge in [-0.2, -0.15) is 0 Å². The molecule has 0 radical (unpaired) electrons. The maximum absolute atomic E-state index is 11.7. The number of amides is 1. The Hall–Kier alpha value is -1.07. The Morgan fingerprint density at radius 2 is 1.89 bits per heavy atom. The molecule has 1 aromatic carbocycles. The Labute approximate surface area is 117 Å². The second-order valence-corrected chi connectivity index (χ2v) is 7.17. The molecule has 1 aromatic rings. The van der Waals surface area contributed by atoms with Crippen molar-refractivity contribution in [2.75, 3.05) is 13.1 Å². The van der Waals surface area contributed by atoms with Crippen LogP contribution in [0.15, 0.2) is 23.1 Å². The predicted octanol–water partition coefficient (Wildman–Crippen LogP) is 1.95. The Morgan fingerprint density at radius 1 is 1.26 bits per heavy atom. The third-order valence-electron chi connectivity index (χ3n) is 3.42. The lowest BCUT2D eigenvalue weighted by Gasteiger charge is -2.19. The highest BCUT2D eigenvalue weighted by molar-refractivity contribution is 8.13. The van der Waals surface area contributed by atoms with Crippen LogP contribution < -0.4 is 0 Å². The zero-order chi connectivity index (χ0) is 14.0. The zero-order valence-corrected chi connectivity index (χ0v) is 12.3. The molecule has 0 bridgehead atoms. The number of nitrogens with zero attached hydrogens (tertiary/aromatic N) is 1. The molecule has 1 amide bonds. The van der Waals surface area contributed by atoms with E-state index in [0.717, 1.165) is 17.5 Å². The number of carbonyl (C=O) groups is 1. The smallest absolute Gasteiger partial charge is 0.261 e. The zero-order valence-electron chi connectivity index (χ0n) is 10.7. The van der Waals surface area contributed by atoms with E-state index in [2.05, 4.69) is 0 Å². The molecule has 6 heteroatoms. The summed E-state index contributed by atoms with van der Waals surface area (Å²) >= 11 is 0. The van der Waals surface area contributed by atoms with Gasteiger partial charge in [0.15, 0.2) is 0 Å². The summed E-state index contributed by atoms with van der Waals surface area (Å²) in [4.78, 5) is 13.7. The van der Waals surface area contributed by atoms with Crippen LogP contribution >= 0.6 is 10.7 Å². The molecule has 0 atom stereocenters. The fourth-order valence-electron chi connectivity index (χ4n) is 2.33. The van der Waals surface area contributed by atoms with Crippen LogP contribution in [0.5, 0.6) is 0 Å². The molecule has 0 aromatic heterocycles. The number of carbonyl (C=O) groups excluding carboxylic acids is 1. The molecule has 1 heterocycles. The highest BCUT2D eigenvalue weighted by Crippen LogP contribution is 2.22. The van der Waals surface area contributed by atoms with E-state index in [-0.39, 0.29) is 10.8 Å².